The molecule has 1 aliphatic rings. The van der Waals surface area contributed by atoms with Crippen molar-refractivity contribution < 1.29 is 4.79 Å². The molecule has 1 unspecified atom stereocenters. The van der Waals surface area contributed by atoms with E-state index in [-0.39, 0.29) is 5.91 Å². The number of nitrogens with one attached hydrogen (secondary N) is 1. The summed E-state index contributed by atoms with van der Waals surface area (Å²) in [5, 5.41) is 2.98. The standard InChI is InChI=1S/C14H29N3O/c1-10(2)17(11(3)4)9-8-16-13(18)14(5,15)12-6-7-12/h10-12H,6-9,15H2,1-5H3,(H,16,18). The van der Waals surface area contributed by atoms with Crippen molar-refractivity contribution in [3.8, 4) is 0 Å². The Morgan fingerprint density at radius 3 is 2.22 bits per heavy atom. The summed E-state index contributed by atoms with van der Waals surface area (Å²) in [5.41, 5.74) is 5.40. The molecule has 0 aromatic rings. The molecular formula is C14H29N3O. The van der Waals surface area contributed by atoms with Crippen LogP contribution in [0.3, 0.4) is 0 Å². The fraction of sp³-hybridized carbons (Fsp3) is 0.929. The van der Waals surface area contributed by atoms with Gasteiger partial charge >= 0.3 is 0 Å². The van der Waals surface area contributed by atoms with Gasteiger partial charge in [0.15, 0.2) is 0 Å². The largest absolute Gasteiger partial charge is 0.353 e. The van der Waals surface area contributed by atoms with Gasteiger partial charge in [-0.1, -0.05) is 0 Å². The van der Waals surface area contributed by atoms with Crippen LogP contribution in [0.4, 0.5) is 0 Å². The molecule has 1 aliphatic carbocycles. The van der Waals surface area contributed by atoms with Crippen LogP contribution in [-0.4, -0.2) is 41.5 Å². The van der Waals surface area contributed by atoms with Crippen LogP contribution in [0.25, 0.3) is 0 Å². The highest BCUT2D eigenvalue weighted by molar-refractivity contribution is 5.86. The van der Waals surface area contributed by atoms with Crippen LogP contribution < -0.4 is 11.1 Å². The van der Waals surface area contributed by atoms with E-state index >= 15 is 0 Å². The van der Waals surface area contributed by atoms with Crippen molar-refractivity contribution in [3.63, 3.8) is 0 Å². The Hall–Kier alpha value is -0.610. The Balaban J connectivity index is 2.34. The van der Waals surface area contributed by atoms with E-state index < -0.39 is 5.54 Å². The Morgan fingerprint density at radius 2 is 1.83 bits per heavy atom. The van der Waals surface area contributed by atoms with Crippen LogP contribution in [-0.2, 0) is 4.79 Å². The van der Waals surface area contributed by atoms with Gasteiger partial charge in [0, 0.05) is 25.2 Å². The molecule has 3 N–H and O–H groups in total. The normalized spacial score (nSPS) is 19.4. The topological polar surface area (TPSA) is 58.4 Å². The first-order valence-electron chi connectivity index (χ1n) is 7.09. The molecule has 0 saturated heterocycles. The first kappa shape index (κ1) is 15.4. The van der Waals surface area contributed by atoms with E-state index in [9.17, 15) is 4.79 Å². The number of hydrogen-bond acceptors (Lipinski definition) is 3. The minimum atomic E-state index is -0.680. The first-order chi connectivity index (χ1) is 8.26. The molecule has 18 heavy (non-hydrogen) atoms. The van der Waals surface area contributed by atoms with E-state index in [1.165, 1.54) is 0 Å². The maximum Gasteiger partial charge on any atom is 0.240 e. The monoisotopic (exact) mass is 255 g/mol. The summed E-state index contributed by atoms with van der Waals surface area (Å²) in [6.45, 7) is 12.1. The van der Waals surface area contributed by atoms with E-state index in [0.29, 0.717) is 24.5 Å². The molecule has 0 spiro atoms. The number of nitrogens with zero attached hydrogens (tertiary/aromatic N) is 1. The molecule has 4 heteroatoms. The van der Waals surface area contributed by atoms with Crippen molar-refractivity contribution in [2.45, 2.75) is 65.1 Å². The number of hydrogen-bond donors (Lipinski definition) is 2. The molecule has 1 fully saturated rings. The maximum atomic E-state index is 12.0. The lowest BCUT2D eigenvalue weighted by atomic mass is 9.96. The molecule has 1 rings (SSSR count). The highest BCUT2D eigenvalue weighted by Crippen LogP contribution is 2.38. The average Bonchev–Trinajstić information content (AvgIpc) is 3.06. The minimum absolute atomic E-state index is 0.00235. The molecule has 0 aliphatic heterocycles. The van der Waals surface area contributed by atoms with E-state index in [1.54, 1.807) is 0 Å². The quantitative estimate of drug-likeness (QED) is 0.722. The lowest BCUT2D eigenvalue weighted by Crippen LogP contribution is -2.54. The van der Waals surface area contributed by atoms with Crippen molar-refractivity contribution in [2.75, 3.05) is 13.1 Å². The van der Waals surface area contributed by atoms with Gasteiger partial charge in [-0.3, -0.25) is 9.69 Å². The lowest BCUT2D eigenvalue weighted by Gasteiger charge is -2.31. The Labute approximate surface area is 111 Å². The molecule has 4 nitrogen and oxygen atoms in total. The third-order valence-corrected chi connectivity index (χ3v) is 3.90. The van der Waals surface area contributed by atoms with Crippen LogP contribution in [0, 0.1) is 5.92 Å². The Morgan fingerprint density at radius 1 is 1.33 bits per heavy atom. The molecule has 0 aromatic heterocycles. The van der Waals surface area contributed by atoms with Crippen molar-refractivity contribution in [2.24, 2.45) is 11.7 Å². The van der Waals surface area contributed by atoms with Gasteiger partial charge < -0.3 is 11.1 Å². The summed E-state index contributed by atoms with van der Waals surface area (Å²) in [6.07, 6.45) is 2.18. The molecular weight excluding hydrogens is 226 g/mol. The second-order valence-corrected chi connectivity index (χ2v) is 6.24. The SMILES string of the molecule is CC(C)N(CCNC(=O)C(C)(N)C1CC1)C(C)C. The van der Waals surface area contributed by atoms with Crippen molar-refractivity contribution in [1.29, 1.82) is 0 Å². The fourth-order valence-electron chi connectivity index (χ4n) is 2.47. The zero-order valence-corrected chi connectivity index (χ0v) is 12.5. The third kappa shape index (κ3) is 3.95. The summed E-state index contributed by atoms with van der Waals surface area (Å²) < 4.78 is 0. The van der Waals surface area contributed by atoms with Gasteiger partial charge in [0.05, 0.1) is 5.54 Å². The number of rotatable bonds is 7. The average molecular weight is 255 g/mol. The zero-order chi connectivity index (χ0) is 13.9. The molecule has 0 heterocycles. The number of carbonyl (C=O) groups excluding carboxylic acids is 1. The molecule has 0 aromatic carbocycles. The van der Waals surface area contributed by atoms with Gasteiger partial charge in [0.1, 0.15) is 0 Å². The van der Waals surface area contributed by atoms with Crippen LogP contribution >= 0.6 is 0 Å². The Kier molecular flexibility index (Phi) is 5.17. The zero-order valence-electron chi connectivity index (χ0n) is 12.5. The summed E-state index contributed by atoms with van der Waals surface area (Å²) >= 11 is 0. The highest BCUT2D eigenvalue weighted by Gasteiger charge is 2.43. The molecule has 0 radical (unpaired) electrons. The van der Waals surface area contributed by atoms with E-state index in [0.717, 1.165) is 19.4 Å². The predicted octanol–water partition coefficient (Wildman–Crippen LogP) is 1.35. The van der Waals surface area contributed by atoms with E-state index in [1.807, 2.05) is 6.92 Å². The van der Waals surface area contributed by atoms with E-state index in [4.69, 9.17) is 5.73 Å². The van der Waals surface area contributed by atoms with Crippen molar-refractivity contribution in [3.05, 3.63) is 0 Å². The number of nitrogens with two attached hydrogens (primary N) is 1. The molecule has 1 atom stereocenters. The summed E-state index contributed by atoms with van der Waals surface area (Å²) in [6, 6.07) is 0.990. The van der Waals surface area contributed by atoms with Gasteiger partial charge in [-0.2, -0.15) is 0 Å². The van der Waals surface area contributed by atoms with Gasteiger partial charge in [0.25, 0.3) is 0 Å². The van der Waals surface area contributed by atoms with Crippen molar-refractivity contribution in [1.82, 2.24) is 10.2 Å². The minimum Gasteiger partial charge on any atom is -0.353 e. The molecule has 1 saturated carbocycles. The van der Waals surface area contributed by atoms with Crippen LogP contribution in [0.2, 0.25) is 0 Å². The predicted molar refractivity (Wildman–Crippen MR) is 75.3 cm³/mol. The number of carbonyl (C=O) groups is 1. The van der Waals surface area contributed by atoms with Gasteiger partial charge in [-0.25, -0.2) is 0 Å². The molecule has 1 amide bonds. The Bertz CT molecular complexity index is 275. The van der Waals surface area contributed by atoms with Crippen LogP contribution in [0.5, 0.6) is 0 Å². The van der Waals surface area contributed by atoms with Crippen LogP contribution in [0.1, 0.15) is 47.5 Å². The second-order valence-electron chi connectivity index (χ2n) is 6.24. The molecule has 106 valence electrons. The third-order valence-electron chi connectivity index (χ3n) is 3.90. The number of amides is 1. The van der Waals surface area contributed by atoms with Gasteiger partial charge in [-0.15, -0.1) is 0 Å². The molecule has 0 bridgehead atoms. The van der Waals surface area contributed by atoms with Crippen LogP contribution in [0.15, 0.2) is 0 Å². The smallest absolute Gasteiger partial charge is 0.240 e. The fourth-order valence-corrected chi connectivity index (χ4v) is 2.47. The van der Waals surface area contributed by atoms with Crippen molar-refractivity contribution >= 4 is 5.91 Å². The highest BCUT2D eigenvalue weighted by atomic mass is 16.2. The maximum absolute atomic E-state index is 12.0. The first-order valence-corrected chi connectivity index (χ1v) is 7.09. The summed E-state index contributed by atoms with van der Waals surface area (Å²) in [4.78, 5) is 14.4. The second kappa shape index (κ2) is 6.02. The lowest BCUT2D eigenvalue weighted by molar-refractivity contribution is -0.126. The summed E-state index contributed by atoms with van der Waals surface area (Å²) in [7, 11) is 0. The van der Waals surface area contributed by atoms with Gasteiger partial charge in [-0.05, 0) is 53.4 Å². The summed E-state index contributed by atoms with van der Waals surface area (Å²) in [5.74, 6) is 0.376. The van der Waals surface area contributed by atoms with Gasteiger partial charge in [0.2, 0.25) is 5.91 Å². The van der Waals surface area contributed by atoms with E-state index in [2.05, 4.69) is 37.9 Å².